The van der Waals surface area contributed by atoms with E-state index in [9.17, 15) is 0 Å². The molecular weight excluding hydrogens is 176 g/mol. The lowest BCUT2D eigenvalue weighted by molar-refractivity contribution is 0.276. The maximum absolute atomic E-state index is 8.90. The Kier molecular flexibility index (Phi) is 2.33. The molecule has 14 heavy (non-hydrogen) atoms. The fourth-order valence-electron chi connectivity index (χ4n) is 1.44. The number of rotatable bonds is 2. The van der Waals surface area contributed by atoms with Gasteiger partial charge in [-0.2, -0.15) is 5.10 Å². The standard InChI is InChI=1S/C11H12N2O/c1-8-4-2-3-5-10(8)11-6-9(7-14)12-13-11/h2-6,14H,7H2,1H3,(H,12,13). The largest absolute Gasteiger partial charge is 0.390 e. The summed E-state index contributed by atoms with van der Waals surface area (Å²) in [4.78, 5) is 0. The minimum atomic E-state index is -0.00111. The Balaban J connectivity index is 2.44. The van der Waals surface area contributed by atoms with Crippen molar-refractivity contribution in [3.63, 3.8) is 0 Å². The Bertz CT molecular complexity index is 434. The van der Waals surface area contributed by atoms with Crippen LogP contribution < -0.4 is 0 Å². The first-order chi connectivity index (χ1) is 6.81. The van der Waals surface area contributed by atoms with Gasteiger partial charge in [0.05, 0.1) is 18.0 Å². The zero-order chi connectivity index (χ0) is 9.97. The smallest absolute Gasteiger partial charge is 0.0927 e. The van der Waals surface area contributed by atoms with E-state index in [0.717, 1.165) is 17.0 Å². The maximum Gasteiger partial charge on any atom is 0.0927 e. The van der Waals surface area contributed by atoms with E-state index in [1.807, 2.05) is 37.3 Å². The van der Waals surface area contributed by atoms with Crippen molar-refractivity contribution in [1.82, 2.24) is 10.2 Å². The number of aryl methyl sites for hydroxylation is 1. The summed E-state index contributed by atoms with van der Waals surface area (Å²) in [6, 6.07) is 9.91. The van der Waals surface area contributed by atoms with Crippen LogP contribution in [-0.4, -0.2) is 15.3 Å². The third-order valence-electron chi connectivity index (χ3n) is 2.22. The molecule has 0 saturated carbocycles. The molecule has 0 unspecified atom stereocenters. The van der Waals surface area contributed by atoms with Crippen molar-refractivity contribution in [2.75, 3.05) is 0 Å². The molecule has 0 aliphatic rings. The Hall–Kier alpha value is -1.61. The number of aliphatic hydroxyl groups is 1. The van der Waals surface area contributed by atoms with Crippen LogP contribution >= 0.6 is 0 Å². The van der Waals surface area contributed by atoms with Crippen LogP contribution in [0.15, 0.2) is 30.3 Å². The lowest BCUT2D eigenvalue weighted by atomic mass is 10.1. The lowest BCUT2D eigenvalue weighted by Gasteiger charge is -1.99. The predicted octanol–water partition coefficient (Wildman–Crippen LogP) is 1.88. The summed E-state index contributed by atoms with van der Waals surface area (Å²) in [5.74, 6) is 0. The maximum atomic E-state index is 8.90. The van der Waals surface area contributed by atoms with E-state index in [-0.39, 0.29) is 6.61 Å². The van der Waals surface area contributed by atoms with Gasteiger partial charge < -0.3 is 5.11 Å². The first-order valence-electron chi connectivity index (χ1n) is 4.52. The minimum Gasteiger partial charge on any atom is -0.390 e. The van der Waals surface area contributed by atoms with Crippen LogP contribution in [0.1, 0.15) is 11.3 Å². The highest BCUT2D eigenvalue weighted by molar-refractivity contribution is 5.63. The molecule has 0 radical (unpaired) electrons. The van der Waals surface area contributed by atoms with Gasteiger partial charge in [0.15, 0.2) is 0 Å². The second-order valence-electron chi connectivity index (χ2n) is 3.25. The van der Waals surface area contributed by atoms with Crippen molar-refractivity contribution in [2.45, 2.75) is 13.5 Å². The highest BCUT2D eigenvalue weighted by Gasteiger charge is 2.04. The zero-order valence-corrected chi connectivity index (χ0v) is 7.99. The van der Waals surface area contributed by atoms with E-state index in [4.69, 9.17) is 5.11 Å². The van der Waals surface area contributed by atoms with Crippen LogP contribution in [0, 0.1) is 6.92 Å². The van der Waals surface area contributed by atoms with Gasteiger partial charge in [0.1, 0.15) is 0 Å². The molecule has 3 heteroatoms. The molecule has 0 aliphatic heterocycles. The molecule has 72 valence electrons. The molecular formula is C11H12N2O. The Labute approximate surface area is 82.4 Å². The molecule has 0 spiro atoms. The van der Waals surface area contributed by atoms with Gasteiger partial charge in [-0.1, -0.05) is 24.3 Å². The highest BCUT2D eigenvalue weighted by atomic mass is 16.3. The van der Waals surface area contributed by atoms with Crippen molar-refractivity contribution in [1.29, 1.82) is 0 Å². The van der Waals surface area contributed by atoms with Crippen LogP contribution in [0.25, 0.3) is 11.3 Å². The molecule has 2 N–H and O–H groups in total. The first kappa shape index (κ1) is 8.97. The number of aromatic nitrogens is 2. The predicted molar refractivity (Wildman–Crippen MR) is 54.7 cm³/mol. The number of H-pyrrole nitrogens is 1. The van der Waals surface area contributed by atoms with Crippen molar-refractivity contribution >= 4 is 0 Å². The molecule has 3 nitrogen and oxygen atoms in total. The van der Waals surface area contributed by atoms with E-state index in [2.05, 4.69) is 10.2 Å². The first-order valence-corrected chi connectivity index (χ1v) is 4.52. The van der Waals surface area contributed by atoms with Crippen LogP contribution in [0.2, 0.25) is 0 Å². The second-order valence-corrected chi connectivity index (χ2v) is 3.25. The molecule has 0 atom stereocenters. The fourth-order valence-corrected chi connectivity index (χ4v) is 1.44. The van der Waals surface area contributed by atoms with Crippen LogP contribution in [0.3, 0.4) is 0 Å². The van der Waals surface area contributed by atoms with Gasteiger partial charge in [0, 0.05) is 5.56 Å². The molecule has 2 aromatic rings. The molecule has 1 aromatic carbocycles. The number of aliphatic hydroxyl groups excluding tert-OH is 1. The Morgan fingerprint density at radius 2 is 2.14 bits per heavy atom. The van der Waals surface area contributed by atoms with Crippen molar-refractivity contribution in [2.24, 2.45) is 0 Å². The van der Waals surface area contributed by atoms with Gasteiger partial charge in [0.2, 0.25) is 0 Å². The molecule has 0 fully saturated rings. The summed E-state index contributed by atoms with van der Waals surface area (Å²) in [5, 5.41) is 15.8. The molecule has 0 amide bonds. The molecule has 0 aliphatic carbocycles. The van der Waals surface area contributed by atoms with Crippen molar-refractivity contribution in [3.8, 4) is 11.3 Å². The summed E-state index contributed by atoms with van der Waals surface area (Å²) in [5.41, 5.74) is 3.90. The number of hydrogen-bond donors (Lipinski definition) is 2. The minimum absolute atomic E-state index is 0.00111. The van der Waals surface area contributed by atoms with E-state index in [0.29, 0.717) is 0 Å². The SMILES string of the molecule is Cc1ccccc1-c1cc(CO)[nH]n1. The molecule has 2 rings (SSSR count). The second kappa shape index (κ2) is 3.64. The molecule has 1 aromatic heterocycles. The average molecular weight is 188 g/mol. The van der Waals surface area contributed by atoms with Gasteiger partial charge in [-0.05, 0) is 18.6 Å². The van der Waals surface area contributed by atoms with Gasteiger partial charge in [-0.3, -0.25) is 5.10 Å². The highest BCUT2D eigenvalue weighted by Crippen LogP contribution is 2.21. The normalized spacial score (nSPS) is 10.4. The van der Waals surface area contributed by atoms with Crippen LogP contribution in [0.4, 0.5) is 0 Å². The van der Waals surface area contributed by atoms with Gasteiger partial charge in [-0.25, -0.2) is 0 Å². The van der Waals surface area contributed by atoms with Crippen molar-refractivity contribution < 1.29 is 5.11 Å². The summed E-state index contributed by atoms with van der Waals surface area (Å²) < 4.78 is 0. The number of nitrogens with zero attached hydrogens (tertiary/aromatic N) is 1. The number of hydrogen-bond acceptors (Lipinski definition) is 2. The van der Waals surface area contributed by atoms with Gasteiger partial charge in [-0.15, -0.1) is 0 Å². The number of aromatic amines is 1. The summed E-state index contributed by atoms with van der Waals surface area (Å²) in [7, 11) is 0. The Morgan fingerprint density at radius 3 is 2.79 bits per heavy atom. The third-order valence-corrected chi connectivity index (χ3v) is 2.22. The lowest BCUT2D eigenvalue weighted by Crippen LogP contribution is -1.81. The molecule has 0 saturated heterocycles. The van der Waals surface area contributed by atoms with Crippen LogP contribution in [0.5, 0.6) is 0 Å². The average Bonchev–Trinajstić information content (AvgIpc) is 2.67. The third kappa shape index (κ3) is 1.54. The quantitative estimate of drug-likeness (QED) is 0.756. The zero-order valence-electron chi connectivity index (χ0n) is 7.99. The number of nitrogens with one attached hydrogen (secondary N) is 1. The van der Waals surface area contributed by atoms with E-state index >= 15 is 0 Å². The van der Waals surface area contributed by atoms with Gasteiger partial charge in [0.25, 0.3) is 0 Å². The summed E-state index contributed by atoms with van der Waals surface area (Å²) in [6.07, 6.45) is 0. The number of benzene rings is 1. The van der Waals surface area contributed by atoms with Crippen molar-refractivity contribution in [3.05, 3.63) is 41.6 Å². The topological polar surface area (TPSA) is 48.9 Å². The van der Waals surface area contributed by atoms with E-state index in [1.54, 1.807) is 0 Å². The van der Waals surface area contributed by atoms with Crippen LogP contribution in [-0.2, 0) is 6.61 Å². The fraction of sp³-hybridized carbons (Fsp3) is 0.182. The van der Waals surface area contributed by atoms with E-state index in [1.165, 1.54) is 5.56 Å². The van der Waals surface area contributed by atoms with E-state index < -0.39 is 0 Å². The summed E-state index contributed by atoms with van der Waals surface area (Å²) >= 11 is 0. The molecule has 1 heterocycles. The van der Waals surface area contributed by atoms with Gasteiger partial charge >= 0.3 is 0 Å². The monoisotopic (exact) mass is 188 g/mol. The summed E-state index contributed by atoms with van der Waals surface area (Å²) in [6.45, 7) is 2.04. The molecule has 0 bridgehead atoms. The Morgan fingerprint density at radius 1 is 1.36 bits per heavy atom.